The van der Waals surface area contributed by atoms with Gasteiger partial charge in [0, 0.05) is 4.92 Å². The van der Waals surface area contributed by atoms with Gasteiger partial charge in [0.2, 0.25) is 6.54 Å². The topological polar surface area (TPSA) is 43.1 Å². The van der Waals surface area contributed by atoms with Crippen LogP contribution in [-0.2, 0) is 0 Å². The first-order valence-corrected chi connectivity index (χ1v) is 4.32. The van der Waals surface area contributed by atoms with Crippen molar-refractivity contribution in [1.29, 1.82) is 0 Å². The van der Waals surface area contributed by atoms with Crippen LogP contribution in [0, 0.1) is 16.0 Å². The standard InChI is InChI=1S/C7H8F7NO2/c1-2-4(3-15(16)17)5(8,9)6(10,11)7(12,13)14/h4H,2-3H2,1H3. The molecule has 1 unspecified atom stereocenters. The van der Waals surface area contributed by atoms with Crippen molar-refractivity contribution >= 4 is 0 Å². The van der Waals surface area contributed by atoms with E-state index in [4.69, 9.17) is 0 Å². The lowest BCUT2D eigenvalue weighted by Gasteiger charge is -2.31. The Morgan fingerprint density at radius 3 is 1.76 bits per heavy atom. The molecule has 0 saturated heterocycles. The number of nitro groups is 1. The van der Waals surface area contributed by atoms with E-state index >= 15 is 0 Å². The Morgan fingerprint density at radius 1 is 1.12 bits per heavy atom. The summed E-state index contributed by atoms with van der Waals surface area (Å²) < 4.78 is 86.2. The zero-order valence-electron chi connectivity index (χ0n) is 8.40. The average molecular weight is 271 g/mol. The van der Waals surface area contributed by atoms with Gasteiger partial charge in [-0.25, -0.2) is 0 Å². The smallest absolute Gasteiger partial charge is 0.265 e. The third-order valence-electron chi connectivity index (χ3n) is 2.15. The van der Waals surface area contributed by atoms with E-state index in [0.717, 1.165) is 6.92 Å². The highest BCUT2D eigenvalue weighted by Gasteiger charge is 2.75. The van der Waals surface area contributed by atoms with Crippen LogP contribution in [0.25, 0.3) is 0 Å². The van der Waals surface area contributed by atoms with Crippen LogP contribution in [0.2, 0.25) is 0 Å². The average Bonchev–Trinajstić information content (AvgIpc) is 2.11. The fourth-order valence-corrected chi connectivity index (χ4v) is 1.13. The maximum Gasteiger partial charge on any atom is 0.459 e. The van der Waals surface area contributed by atoms with Gasteiger partial charge >= 0.3 is 18.0 Å². The normalized spacial score (nSPS) is 15.8. The first-order valence-electron chi connectivity index (χ1n) is 4.32. The number of hydrogen-bond donors (Lipinski definition) is 0. The molecule has 0 aliphatic rings. The number of alkyl halides is 7. The van der Waals surface area contributed by atoms with Gasteiger partial charge in [-0.3, -0.25) is 10.1 Å². The Hall–Kier alpha value is -1.09. The van der Waals surface area contributed by atoms with Gasteiger partial charge in [-0.2, -0.15) is 30.7 Å². The Bertz CT molecular complexity index is 288. The summed E-state index contributed by atoms with van der Waals surface area (Å²) in [6, 6.07) is 0. The molecule has 0 aromatic rings. The molecule has 3 nitrogen and oxygen atoms in total. The molecule has 0 aromatic heterocycles. The van der Waals surface area contributed by atoms with Gasteiger partial charge in [0.25, 0.3) is 0 Å². The number of nitrogens with zero attached hydrogens (tertiary/aromatic N) is 1. The highest BCUT2D eigenvalue weighted by molar-refractivity contribution is 4.95. The largest absolute Gasteiger partial charge is 0.459 e. The monoisotopic (exact) mass is 271 g/mol. The molecule has 17 heavy (non-hydrogen) atoms. The van der Waals surface area contributed by atoms with Crippen LogP contribution in [-0.4, -0.2) is 29.5 Å². The lowest BCUT2D eigenvalue weighted by molar-refractivity contribution is -0.501. The molecular weight excluding hydrogens is 263 g/mol. The molecule has 0 rings (SSSR count). The summed E-state index contributed by atoms with van der Waals surface area (Å²) in [7, 11) is 0. The van der Waals surface area contributed by atoms with E-state index in [1.807, 2.05) is 0 Å². The summed E-state index contributed by atoms with van der Waals surface area (Å²) >= 11 is 0. The molecule has 0 N–H and O–H groups in total. The third-order valence-corrected chi connectivity index (χ3v) is 2.15. The Balaban J connectivity index is 5.28. The van der Waals surface area contributed by atoms with Crippen molar-refractivity contribution in [3.05, 3.63) is 10.1 Å². The van der Waals surface area contributed by atoms with Crippen LogP contribution >= 0.6 is 0 Å². The summed E-state index contributed by atoms with van der Waals surface area (Å²) in [6.07, 6.45) is -7.33. The summed E-state index contributed by atoms with van der Waals surface area (Å²) in [6.45, 7) is -0.788. The molecule has 10 heteroatoms. The second kappa shape index (κ2) is 4.65. The maximum atomic E-state index is 12.9. The number of hydrogen-bond acceptors (Lipinski definition) is 2. The first kappa shape index (κ1) is 15.9. The molecule has 0 aliphatic carbocycles. The lowest BCUT2D eigenvalue weighted by atomic mass is 9.93. The van der Waals surface area contributed by atoms with Crippen molar-refractivity contribution in [2.24, 2.45) is 5.92 Å². The molecule has 0 amide bonds. The van der Waals surface area contributed by atoms with Crippen molar-refractivity contribution < 1.29 is 35.7 Å². The van der Waals surface area contributed by atoms with Crippen molar-refractivity contribution in [3.8, 4) is 0 Å². The Kier molecular flexibility index (Phi) is 4.35. The van der Waals surface area contributed by atoms with E-state index in [1.165, 1.54) is 0 Å². The Labute approximate surface area is 90.7 Å². The second-order valence-corrected chi connectivity index (χ2v) is 3.32. The minimum absolute atomic E-state index is 0.870. The fourth-order valence-electron chi connectivity index (χ4n) is 1.13. The molecule has 0 bridgehead atoms. The second-order valence-electron chi connectivity index (χ2n) is 3.32. The van der Waals surface area contributed by atoms with Crippen molar-refractivity contribution in [1.82, 2.24) is 0 Å². The van der Waals surface area contributed by atoms with E-state index in [2.05, 4.69) is 0 Å². The van der Waals surface area contributed by atoms with Gasteiger partial charge in [0.05, 0.1) is 5.92 Å². The van der Waals surface area contributed by atoms with Gasteiger partial charge in [-0.15, -0.1) is 0 Å². The molecular formula is C7H8F7NO2. The molecule has 0 aromatic carbocycles. The third kappa shape index (κ3) is 2.97. The van der Waals surface area contributed by atoms with E-state index in [-0.39, 0.29) is 0 Å². The van der Waals surface area contributed by atoms with Crippen LogP contribution in [0.15, 0.2) is 0 Å². The summed E-state index contributed by atoms with van der Waals surface area (Å²) in [4.78, 5) is 8.59. The van der Waals surface area contributed by atoms with Crippen LogP contribution in [0.4, 0.5) is 30.7 Å². The van der Waals surface area contributed by atoms with Crippen LogP contribution < -0.4 is 0 Å². The number of halogens is 7. The quantitative estimate of drug-likeness (QED) is 0.438. The van der Waals surface area contributed by atoms with Crippen molar-refractivity contribution in [2.45, 2.75) is 31.4 Å². The zero-order valence-corrected chi connectivity index (χ0v) is 8.40. The van der Waals surface area contributed by atoms with Crippen LogP contribution in [0.5, 0.6) is 0 Å². The summed E-state index contributed by atoms with van der Waals surface area (Å²) in [5.41, 5.74) is 0. The molecule has 0 radical (unpaired) electrons. The van der Waals surface area contributed by atoms with Gasteiger partial charge in [-0.05, 0) is 6.42 Å². The summed E-state index contributed by atoms with van der Waals surface area (Å²) in [5, 5.41) is 9.94. The molecule has 0 spiro atoms. The van der Waals surface area contributed by atoms with Gasteiger partial charge < -0.3 is 0 Å². The van der Waals surface area contributed by atoms with Gasteiger partial charge in [-0.1, -0.05) is 6.92 Å². The van der Waals surface area contributed by atoms with Crippen molar-refractivity contribution in [3.63, 3.8) is 0 Å². The predicted molar refractivity (Wildman–Crippen MR) is 41.6 cm³/mol. The zero-order chi connectivity index (χ0) is 14.1. The minimum Gasteiger partial charge on any atom is -0.265 e. The molecule has 0 saturated carbocycles. The predicted octanol–water partition coefficient (Wildman–Crippen LogP) is 3.12. The van der Waals surface area contributed by atoms with E-state index in [0.29, 0.717) is 0 Å². The highest BCUT2D eigenvalue weighted by Crippen LogP contribution is 2.50. The van der Waals surface area contributed by atoms with E-state index < -0.39 is 41.8 Å². The molecule has 0 fully saturated rings. The number of rotatable bonds is 5. The van der Waals surface area contributed by atoms with Gasteiger partial charge in [0.1, 0.15) is 0 Å². The van der Waals surface area contributed by atoms with Gasteiger partial charge in [0.15, 0.2) is 0 Å². The maximum absolute atomic E-state index is 12.9. The highest BCUT2D eigenvalue weighted by atomic mass is 19.4. The molecule has 1 atom stereocenters. The molecule has 0 aliphatic heterocycles. The minimum atomic E-state index is -6.46. The van der Waals surface area contributed by atoms with E-state index in [1.54, 1.807) is 0 Å². The van der Waals surface area contributed by atoms with E-state index in [9.17, 15) is 40.8 Å². The van der Waals surface area contributed by atoms with Crippen molar-refractivity contribution in [2.75, 3.05) is 6.54 Å². The fraction of sp³-hybridized carbons (Fsp3) is 1.00. The molecule has 0 heterocycles. The summed E-state index contributed by atoms with van der Waals surface area (Å²) in [5.74, 6) is -14.5. The van der Waals surface area contributed by atoms with Crippen LogP contribution in [0.3, 0.4) is 0 Å². The Morgan fingerprint density at radius 2 is 1.53 bits per heavy atom. The molecule has 102 valence electrons. The first-order chi connectivity index (χ1) is 7.38. The SMILES string of the molecule is CCC(C[N+](=O)[O-])C(F)(F)C(F)(F)C(F)(F)F. The lowest BCUT2D eigenvalue weighted by Crippen LogP contribution is -2.56. The van der Waals surface area contributed by atoms with Crippen LogP contribution in [0.1, 0.15) is 13.3 Å².